The molecule has 1 saturated heterocycles. The minimum Gasteiger partial charge on any atom is -0.490 e. The van der Waals surface area contributed by atoms with Gasteiger partial charge in [0.2, 0.25) is 0 Å². The van der Waals surface area contributed by atoms with E-state index in [1.165, 1.54) is 0 Å². The van der Waals surface area contributed by atoms with Gasteiger partial charge in [0.05, 0.1) is 23.4 Å². The fourth-order valence-electron chi connectivity index (χ4n) is 4.44. The highest BCUT2D eigenvalue weighted by atomic mass is 35.5. The highest BCUT2D eigenvalue weighted by Crippen LogP contribution is 2.44. The lowest BCUT2D eigenvalue weighted by molar-refractivity contribution is 0.146. The Kier molecular flexibility index (Phi) is 7.67. The highest BCUT2D eigenvalue weighted by molar-refractivity contribution is 7.80. The molecule has 0 saturated carbocycles. The molecular formula is C28H25Cl2N3O3S. The van der Waals surface area contributed by atoms with E-state index in [4.69, 9.17) is 49.3 Å². The van der Waals surface area contributed by atoms with E-state index in [1.807, 2.05) is 78.6 Å². The van der Waals surface area contributed by atoms with Gasteiger partial charge in [-0.2, -0.15) is 0 Å². The van der Waals surface area contributed by atoms with Gasteiger partial charge in [-0.25, -0.2) is 0 Å². The predicted octanol–water partition coefficient (Wildman–Crippen LogP) is 7.16. The number of nitrogens with zero attached hydrogens (tertiary/aromatic N) is 2. The number of hydrogen-bond acceptors (Lipinski definition) is 5. The van der Waals surface area contributed by atoms with Gasteiger partial charge in [-0.15, -0.1) is 0 Å². The van der Waals surface area contributed by atoms with Crippen molar-refractivity contribution < 1.29 is 13.9 Å². The van der Waals surface area contributed by atoms with Crippen molar-refractivity contribution in [3.8, 4) is 17.1 Å². The van der Waals surface area contributed by atoms with Crippen molar-refractivity contribution in [2.75, 3.05) is 25.2 Å². The van der Waals surface area contributed by atoms with Crippen LogP contribution >= 0.6 is 35.4 Å². The largest absolute Gasteiger partial charge is 0.490 e. The number of benzene rings is 2. The van der Waals surface area contributed by atoms with Crippen LogP contribution in [-0.2, 0) is 4.74 Å². The molecule has 9 heteroatoms. The van der Waals surface area contributed by atoms with Crippen LogP contribution in [0.2, 0.25) is 10.0 Å². The first-order chi connectivity index (χ1) is 18.0. The average Bonchev–Trinajstić information content (AvgIpc) is 3.52. The van der Waals surface area contributed by atoms with Gasteiger partial charge in [-0.05, 0) is 73.2 Å². The molecule has 5 rings (SSSR count). The Morgan fingerprint density at radius 1 is 1.03 bits per heavy atom. The molecule has 1 fully saturated rings. The van der Waals surface area contributed by atoms with Crippen molar-refractivity contribution in [3.63, 3.8) is 0 Å². The van der Waals surface area contributed by atoms with Crippen molar-refractivity contribution in [1.29, 1.82) is 0 Å². The van der Waals surface area contributed by atoms with Gasteiger partial charge >= 0.3 is 0 Å². The number of halogens is 2. The SMILES string of the molecule is COCCOc1ccc(N2C(=S)N[C@H](c3ccccn3)[C@H]2c2ccc(-c3cccc(Cl)c3C)o2)cc1Cl. The molecule has 37 heavy (non-hydrogen) atoms. The molecule has 1 aliphatic heterocycles. The Morgan fingerprint density at radius 2 is 1.89 bits per heavy atom. The lowest BCUT2D eigenvalue weighted by Gasteiger charge is -2.26. The van der Waals surface area contributed by atoms with Gasteiger partial charge in [0.15, 0.2) is 5.11 Å². The number of aromatic nitrogens is 1. The number of furan rings is 1. The maximum Gasteiger partial charge on any atom is 0.174 e. The molecule has 6 nitrogen and oxygen atoms in total. The van der Waals surface area contributed by atoms with Crippen molar-refractivity contribution in [3.05, 3.63) is 100.0 Å². The quantitative estimate of drug-likeness (QED) is 0.183. The zero-order valence-corrected chi connectivity index (χ0v) is 22.6. The molecule has 0 bridgehead atoms. The van der Waals surface area contributed by atoms with E-state index in [9.17, 15) is 0 Å². The number of nitrogens with one attached hydrogen (secondary N) is 1. The summed E-state index contributed by atoms with van der Waals surface area (Å²) in [7, 11) is 1.63. The van der Waals surface area contributed by atoms with Gasteiger partial charge in [-0.1, -0.05) is 41.4 Å². The van der Waals surface area contributed by atoms with Crippen molar-refractivity contribution in [1.82, 2.24) is 10.3 Å². The van der Waals surface area contributed by atoms with E-state index in [-0.39, 0.29) is 12.1 Å². The molecular weight excluding hydrogens is 529 g/mol. The molecule has 0 amide bonds. The number of pyridine rings is 1. The summed E-state index contributed by atoms with van der Waals surface area (Å²) in [4.78, 5) is 6.60. The highest BCUT2D eigenvalue weighted by Gasteiger charge is 2.42. The van der Waals surface area contributed by atoms with Gasteiger partial charge in [-0.3, -0.25) is 4.98 Å². The average molecular weight is 554 g/mol. The molecule has 0 aliphatic carbocycles. The molecule has 3 heterocycles. The molecule has 190 valence electrons. The summed E-state index contributed by atoms with van der Waals surface area (Å²) >= 11 is 18.8. The lowest BCUT2D eigenvalue weighted by atomic mass is 10.0. The van der Waals surface area contributed by atoms with Crippen molar-refractivity contribution >= 4 is 46.2 Å². The van der Waals surface area contributed by atoms with Crippen LogP contribution in [0.3, 0.4) is 0 Å². The molecule has 2 atom stereocenters. The number of hydrogen-bond donors (Lipinski definition) is 1. The van der Waals surface area contributed by atoms with E-state index in [1.54, 1.807) is 13.3 Å². The summed E-state index contributed by atoms with van der Waals surface area (Å²) in [6.07, 6.45) is 1.77. The van der Waals surface area contributed by atoms with E-state index in [0.717, 1.165) is 34.0 Å². The summed E-state index contributed by atoms with van der Waals surface area (Å²) in [5.74, 6) is 2.04. The standard InChI is InChI=1S/C28H25Cl2N3O3S/c1-17-19(6-5-7-20(17)29)23-11-12-25(36-23)27-26(22-8-3-4-13-31-22)32-28(37)33(27)18-9-10-24(21(30)16-18)35-15-14-34-2/h3-13,16,26-27H,14-15H2,1-2H3,(H,32,37)/t26-,27-/m1/s1. The Bertz CT molecular complexity index is 1410. The Balaban J connectivity index is 1.55. The minimum absolute atomic E-state index is 0.246. The summed E-state index contributed by atoms with van der Waals surface area (Å²) < 4.78 is 17.3. The third-order valence-corrected chi connectivity index (χ3v) is 7.31. The van der Waals surface area contributed by atoms with Crippen LogP contribution in [0.15, 0.2) is 77.3 Å². The summed E-state index contributed by atoms with van der Waals surface area (Å²) in [6.45, 7) is 2.86. The smallest absolute Gasteiger partial charge is 0.174 e. The second-order valence-electron chi connectivity index (χ2n) is 8.57. The first-order valence-electron chi connectivity index (χ1n) is 11.7. The van der Waals surface area contributed by atoms with Gasteiger partial charge < -0.3 is 24.1 Å². The molecule has 1 N–H and O–H groups in total. The zero-order valence-electron chi connectivity index (χ0n) is 20.3. The number of methoxy groups -OCH3 is 1. The molecule has 2 aromatic heterocycles. The molecule has 0 unspecified atom stereocenters. The fraction of sp³-hybridized carbons (Fsp3) is 0.214. The number of ether oxygens (including phenoxy) is 2. The van der Waals surface area contributed by atoms with Crippen LogP contribution in [0.25, 0.3) is 11.3 Å². The maximum absolute atomic E-state index is 6.59. The maximum atomic E-state index is 6.59. The lowest BCUT2D eigenvalue weighted by Crippen LogP contribution is -2.29. The molecule has 1 aliphatic rings. The van der Waals surface area contributed by atoms with Gasteiger partial charge in [0.1, 0.15) is 29.9 Å². The summed E-state index contributed by atoms with van der Waals surface area (Å²) in [6, 6.07) is 20.6. The first kappa shape index (κ1) is 25.5. The topological polar surface area (TPSA) is 59.8 Å². The Labute approximate surface area is 231 Å². The second-order valence-corrected chi connectivity index (χ2v) is 9.77. The zero-order chi connectivity index (χ0) is 25.9. The minimum atomic E-state index is -0.313. The fourth-order valence-corrected chi connectivity index (χ4v) is 5.19. The predicted molar refractivity (Wildman–Crippen MR) is 151 cm³/mol. The normalized spacial score (nSPS) is 17.2. The van der Waals surface area contributed by atoms with Crippen LogP contribution in [0.1, 0.15) is 29.1 Å². The molecule has 2 aromatic carbocycles. The van der Waals surface area contributed by atoms with Crippen molar-refractivity contribution in [2.45, 2.75) is 19.0 Å². The van der Waals surface area contributed by atoms with Crippen molar-refractivity contribution in [2.24, 2.45) is 0 Å². The summed E-state index contributed by atoms with van der Waals surface area (Å²) in [5.41, 5.74) is 3.55. The third kappa shape index (κ3) is 5.18. The number of rotatable bonds is 8. The van der Waals surface area contributed by atoms with Crippen LogP contribution in [0, 0.1) is 6.92 Å². The third-order valence-electron chi connectivity index (χ3n) is 6.29. The summed E-state index contributed by atoms with van der Waals surface area (Å²) in [5, 5.41) is 5.15. The number of thiocarbonyl (C=S) groups is 1. The van der Waals surface area contributed by atoms with Gasteiger partial charge in [0, 0.05) is 29.6 Å². The van der Waals surface area contributed by atoms with E-state index < -0.39 is 0 Å². The molecule has 4 aromatic rings. The van der Waals surface area contributed by atoms with E-state index in [0.29, 0.717) is 34.1 Å². The van der Waals surface area contributed by atoms with Crippen LogP contribution in [0.5, 0.6) is 5.75 Å². The van der Waals surface area contributed by atoms with Crippen LogP contribution in [0.4, 0.5) is 5.69 Å². The Morgan fingerprint density at radius 3 is 2.65 bits per heavy atom. The number of anilines is 1. The van der Waals surface area contributed by atoms with Gasteiger partial charge in [0.25, 0.3) is 0 Å². The first-order valence-corrected chi connectivity index (χ1v) is 12.9. The second kappa shape index (κ2) is 11.1. The van der Waals surface area contributed by atoms with Crippen LogP contribution < -0.4 is 15.0 Å². The molecule has 0 spiro atoms. The molecule has 0 radical (unpaired) electrons. The monoisotopic (exact) mass is 553 g/mol. The van der Waals surface area contributed by atoms with E-state index >= 15 is 0 Å². The van der Waals surface area contributed by atoms with E-state index in [2.05, 4.69) is 10.3 Å². The Hall–Kier alpha value is -3.10. The van der Waals surface area contributed by atoms with Crippen LogP contribution in [-0.4, -0.2) is 30.4 Å².